The zero-order valence-electron chi connectivity index (χ0n) is 11.3. The van der Waals surface area contributed by atoms with Crippen LogP contribution in [-0.2, 0) is 13.2 Å². The number of aliphatic hydroxyl groups excluding tert-OH is 1. The highest BCUT2D eigenvalue weighted by Crippen LogP contribution is 2.22. The van der Waals surface area contributed by atoms with E-state index >= 15 is 0 Å². The molecule has 0 bridgehead atoms. The molecule has 0 unspecified atom stereocenters. The molecule has 0 saturated carbocycles. The highest BCUT2D eigenvalue weighted by Gasteiger charge is 2.07. The van der Waals surface area contributed by atoms with Gasteiger partial charge < -0.3 is 14.7 Å². The van der Waals surface area contributed by atoms with E-state index in [1.165, 1.54) is 5.56 Å². The standard InChI is InChI=1S/C16H19NO2/c1-17(16-9-4-3-7-14(16)12-18)11-13-6-5-8-15(10-13)19-2/h3-10,18H,11-12H2,1-2H3. The smallest absolute Gasteiger partial charge is 0.119 e. The summed E-state index contributed by atoms with van der Waals surface area (Å²) in [6.45, 7) is 0.826. The summed E-state index contributed by atoms with van der Waals surface area (Å²) >= 11 is 0. The number of methoxy groups -OCH3 is 1. The van der Waals surface area contributed by atoms with Gasteiger partial charge in [0.15, 0.2) is 0 Å². The molecule has 0 aliphatic rings. The Labute approximate surface area is 114 Å². The van der Waals surface area contributed by atoms with Gasteiger partial charge >= 0.3 is 0 Å². The molecule has 19 heavy (non-hydrogen) atoms. The molecule has 0 aromatic heterocycles. The molecule has 0 radical (unpaired) electrons. The molecule has 0 fully saturated rings. The van der Waals surface area contributed by atoms with Crippen molar-refractivity contribution in [3.63, 3.8) is 0 Å². The largest absolute Gasteiger partial charge is 0.497 e. The number of rotatable bonds is 5. The van der Waals surface area contributed by atoms with E-state index in [1.54, 1.807) is 7.11 Å². The average molecular weight is 257 g/mol. The minimum absolute atomic E-state index is 0.0542. The first-order chi connectivity index (χ1) is 9.24. The van der Waals surface area contributed by atoms with Gasteiger partial charge in [-0.15, -0.1) is 0 Å². The van der Waals surface area contributed by atoms with Gasteiger partial charge in [-0.1, -0.05) is 30.3 Å². The summed E-state index contributed by atoms with van der Waals surface area (Å²) < 4.78 is 5.23. The Morgan fingerprint density at radius 1 is 1.11 bits per heavy atom. The summed E-state index contributed by atoms with van der Waals surface area (Å²) in [6.07, 6.45) is 0. The lowest BCUT2D eigenvalue weighted by Gasteiger charge is -2.22. The second-order valence-electron chi connectivity index (χ2n) is 4.49. The van der Waals surface area contributed by atoms with E-state index in [0.717, 1.165) is 23.5 Å². The fraction of sp³-hybridized carbons (Fsp3) is 0.250. The van der Waals surface area contributed by atoms with Gasteiger partial charge in [0.1, 0.15) is 5.75 Å². The molecule has 0 aliphatic heterocycles. The van der Waals surface area contributed by atoms with Gasteiger partial charge in [-0.25, -0.2) is 0 Å². The van der Waals surface area contributed by atoms with Crippen molar-refractivity contribution in [2.75, 3.05) is 19.1 Å². The first-order valence-corrected chi connectivity index (χ1v) is 6.27. The lowest BCUT2D eigenvalue weighted by Crippen LogP contribution is -2.18. The van der Waals surface area contributed by atoms with Crippen molar-refractivity contribution in [2.24, 2.45) is 0 Å². The third-order valence-corrected chi connectivity index (χ3v) is 3.13. The quantitative estimate of drug-likeness (QED) is 0.894. The third kappa shape index (κ3) is 3.26. The monoisotopic (exact) mass is 257 g/mol. The lowest BCUT2D eigenvalue weighted by atomic mass is 10.1. The van der Waals surface area contributed by atoms with Crippen LogP contribution in [-0.4, -0.2) is 19.3 Å². The van der Waals surface area contributed by atoms with Crippen LogP contribution in [0.2, 0.25) is 0 Å². The third-order valence-electron chi connectivity index (χ3n) is 3.13. The van der Waals surface area contributed by atoms with Crippen molar-refractivity contribution in [1.82, 2.24) is 0 Å². The van der Waals surface area contributed by atoms with E-state index in [9.17, 15) is 5.11 Å². The van der Waals surface area contributed by atoms with Crippen LogP contribution in [0.25, 0.3) is 0 Å². The lowest BCUT2D eigenvalue weighted by molar-refractivity contribution is 0.282. The maximum atomic E-state index is 9.37. The van der Waals surface area contributed by atoms with E-state index in [-0.39, 0.29) is 6.61 Å². The molecule has 0 saturated heterocycles. The molecule has 3 nitrogen and oxygen atoms in total. The minimum Gasteiger partial charge on any atom is -0.497 e. The Morgan fingerprint density at radius 2 is 1.89 bits per heavy atom. The van der Waals surface area contributed by atoms with E-state index < -0.39 is 0 Å². The van der Waals surface area contributed by atoms with Gasteiger partial charge in [0.05, 0.1) is 13.7 Å². The number of para-hydroxylation sites is 1. The van der Waals surface area contributed by atoms with Crippen molar-refractivity contribution in [2.45, 2.75) is 13.2 Å². The van der Waals surface area contributed by atoms with Gasteiger partial charge in [0.25, 0.3) is 0 Å². The van der Waals surface area contributed by atoms with Crippen LogP contribution in [0.1, 0.15) is 11.1 Å². The Kier molecular flexibility index (Phi) is 4.42. The summed E-state index contributed by atoms with van der Waals surface area (Å²) in [5, 5.41) is 9.37. The van der Waals surface area contributed by atoms with Crippen LogP contribution >= 0.6 is 0 Å². The van der Waals surface area contributed by atoms with Crippen LogP contribution in [0.5, 0.6) is 5.75 Å². The summed E-state index contributed by atoms with van der Waals surface area (Å²) in [6, 6.07) is 15.9. The molecule has 2 rings (SSSR count). The number of anilines is 1. The van der Waals surface area contributed by atoms with Gasteiger partial charge in [0, 0.05) is 24.8 Å². The topological polar surface area (TPSA) is 32.7 Å². The molecule has 2 aromatic carbocycles. The van der Waals surface area contributed by atoms with E-state index in [1.807, 2.05) is 49.5 Å². The van der Waals surface area contributed by atoms with Gasteiger partial charge in [-0.05, 0) is 23.8 Å². The van der Waals surface area contributed by atoms with E-state index in [0.29, 0.717) is 0 Å². The maximum Gasteiger partial charge on any atom is 0.119 e. The van der Waals surface area contributed by atoms with Crippen molar-refractivity contribution >= 4 is 5.69 Å². The predicted octanol–water partition coefficient (Wildman–Crippen LogP) is 2.82. The molecular formula is C16H19NO2. The number of hydrogen-bond donors (Lipinski definition) is 1. The fourth-order valence-corrected chi connectivity index (χ4v) is 2.15. The van der Waals surface area contributed by atoms with Gasteiger partial charge in [0.2, 0.25) is 0 Å². The van der Waals surface area contributed by atoms with Crippen LogP contribution in [0, 0.1) is 0 Å². The second-order valence-corrected chi connectivity index (χ2v) is 4.49. The van der Waals surface area contributed by atoms with Gasteiger partial charge in [-0.3, -0.25) is 0 Å². The van der Waals surface area contributed by atoms with Crippen molar-refractivity contribution in [3.05, 3.63) is 59.7 Å². The maximum absolute atomic E-state index is 9.37. The zero-order valence-corrected chi connectivity index (χ0v) is 11.3. The number of nitrogens with zero attached hydrogens (tertiary/aromatic N) is 1. The van der Waals surface area contributed by atoms with Crippen LogP contribution < -0.4 is 9.64 Å². The number of hydrogen-bond acceptors (Lipinski definition) is 3. The molecule has 100 valence electrons. The highest BCUT2D eigenvalue weighted by atomic mass is 16.5. The minimum atomic E-state index is 0.0542. The normalized spacial score (nSPS) is 10.3. The van der Waals surface area contributed by atoms with Crippen LogP contribution in [0.15, 0.2) is 48.5 Å². The first kappa shape index (κ1) is 13.4. The summed E-state index contributed by atoms with van der Waals surface area (Å²) in [5.74, 6) is 0.862. The number of aliphatic hydroxyl groups is 1. The first-order valence-electron chi connectivity index (χ1n) is 6.27. The highest BCUT2D eigenvalue weighted by molar-refractivity contribution is 5.53. The molecule has 1 N–H and O–H groups in total. The SMILES string of the molecule is COc1cccc(CN(C)c2ccccc2CO)c1. The van der Waals surface area contributed by atoms with Crippen LogP contribution in [0.4, 0.5) is 5.69 Å². The van der Waals surface area contributed by atoms with E-state index in [2.05, 4.69) is 11.0 Å². The van der Waals surface area contributed by atoms with Crippen molar-refractivity contribution in [1.29, 1.82) is 0 Å². The van der Waals surface area contributed by atoms with Crippen molar-refractivity contribution < 1.29 is 9.84 Å². The molecule has 0 amide bonds. The van der Waals surface area contributed by atoms with Gasteiger partial charge in [-0.2, -0.15) is 0 Å². The Bertz CT molecular complexity index is 540. The fourth-order valence-electron chi connectivity index (χ4n) is 2.15. The number of ether oxygens (including phenoxy) is 1. The molecule has 0 heterocycles. The zero-order chi connectivity index (χ0) is 13.7. The molecule has 3 heteroatoms. The Hall–Kier alpha value is -2.00. The molecule has 0 aliphatic carbocycles. The molecule has 0 spiro atoms. The Morgan fingerprint density at radius 3 is 2.63 bits per heavy atom. The predicted molar refractivity (Wildman–Crippen MR) is 77.5 cm³/mol. The average Bonchev–Trinajstić information content (AvgIpc) is 2.47. The van der Waals surface area contributed by atoms with Crippen molar-refractivity contribution in [3.8, 4) is 5.75 Å². The summed E-state index contributed by atoms with van der Waals surface area (Å²) in [7, 11) is 3.69. The second kappa shape index (κ2) is 6.25. The van der Waals surface area contributed by atoms with E-state index in [4.69, 9.17) is 4.74 Å². The molecule has 0 atom stereocenters. The Balaban J connectivity index is 2.18. The summed E-state index contributed by atoms with van der Waals surface area (Å²) in [4.78, 5) is 2.13. The molecular weight excluding hydrogens is 238 g/mol. The number of benzene rings is 2. The molecule has 2 aromatic rings. The summed E-state index contributed by atoms with van der Waals surface area (Å²) in [5.41, 5.74) is 3.16. The van der Waals surface area contributed by atoms with Crippen LogP contribution in [0.3, 0.4) is 0 Å².